The lowest BCUT2D eigenvalue weighted by Crippen LogP contribution is -2.32. The molecule has 0 bridgehead atoms. The third-order valence-electron chi connectivity index (χ3n) is 4.13. The van der Waals surface area contributed by atoms with Crippen molar-refractivity contribution in [2.45, 2.75) is 25.1 Å². The highest BCUT2D eigenvalue weighted by molar-refractivity contribution is 5.31. The van der Waals surface area contributed by atoms with E-state index in [1.165, 1.54) is 12.1 Å². The Hall–Kier alpha value is -1.76. The lowest BCUT2D eigenvalue weighted by Gasteiger charge is -2.20. The molecule has 0 unspecified atom stereocenters. The molecular weight excluding hydrogens is 285 g/mol. The van der Waals surface area contributed by atoms with Crippen LogP contribution < -0.4 is 0 Å². The van der Waals surface area contributed by atoms with Gasteiger partial charge >= 0.3 is 0 Å². The summed E-state index contributed by atoms with van der Waals surface area (Å²) in [6, 6.07) is 8.28. The van der Waals surface area contributed by atoms with Gasteiger partial charge < -0.3 is 9.84 Å². The molecule has 1 aromatic heterocycles. The molecule has 1 saturated heterocycles. The Morgan fingerprint density at radius 1 is 1.32 bits per heavy atom. The average Bonchev–Trinajstić information content (AvgIpc) is 3.15. The number of hydrogen-bond acceptors (Lipinski definition) is 4. The summed E-state index contributed by atoms with van der Waals surface area (Å²) >= 11 is 0. The summed E-state index contributed by atoms with van der Waals surface area (Å²) in [5, 5.41) is 14.0. The van der Waals surface area contributed by atoms with Gasteiger partial charge in [0, 0.05) is 32.4 Å². The zero-order chi connectivity index (χ0) is 15.5. The third-order valence-corrected chi connectivity index (χ3v) is 4.13. The number of benzene rings is 1. The summed E-state index contributed by atoms with van der Waals surface area (Å²) in [6.45, 7) is 1.59. The van der Waals surface area contributed by atoms with Gasteiger partial charge in [0.1, 0.15) is 5.82 Å². The largest absolute Gasteiger partial charge is 0.395 e. The molecule has 6 heteroatoms. The molecule has 1 aliphatic rings. The van der Waals surface area contributed by atoms with Crippen molar-refractivity contribution in [3.63, 3.8) is 0 Å². The molecule has 0 radical (unpaired) electrons. The zero-order valence-electron chi connectivity index (χ0n) is 12.5. The lowest BCUT2D eigenvalue weighted by atomic mass is 10.2. The molecule has 2 aromatic rings. The van der Waals surface area contributed by atoms with Gasteiger partial charge in [-0.05, 0) is 36.8 Å². The Morgan fingerprint density at radius 3 is 2.77 bits per heavy atom. The minimum Gasteiger partial charge on any atom is -0.395 e. The van der Waals surface area contributed by atoms with E-state index in [2.05, 4.69) is 10.00 Å². The van der Waals surface area contributed by atoms with Crippen LogP contribution >= 0.6 is 0 Å². The minimum absolute atomic E-state index is 0.112. The Bertz CT molecular complexity index is 614. The smallest absolute Gasteiger partial charge is 0.123 e. The molecule has 0 spiro atoms. The molecule has 1 N–H and O–H groups in total. The maximum absolute atomic E-state index is 13.0. The number of methoxy groups -OCH3 is 1. The molecule has 2 heterocycles. The average molecular weight is 305 g/mol. The summed E-state index contributed by atoms with van der Waals surface area (Å²) in [7, 11) is 1.70. The van der Waals surface area contributed by atoms with Crippen LogP contribution in [0.3, 0.4) is 0 Å². The molecule has 1 aromatic carbocycles. The van der Waals surface area contributed by atoms with Gasteiger partial charge in [-0.25, -0.2) is 9.07 Å². The molecule has 0 aliphatic carbocycles. The molecule has 2 atom stereocenters. The molecule has 118 valence electrons. The predicted octanol–water partition coefficient (Wildman–Crippen LogP) is 1.59. The Balaban J connectivity index is 1.70. The number of halogens is 1. The number of hydrogen-bond donors (Lipinski definition) is 1. The van der Waals surface area contributed by atoms with E-state index in [1.807, 2.05) is 12.3 Å². The van der Waals surface area contributed by atoms with Crippen LogP contribution in [0.1, 0.15) is 12.1 Å². The van der Waals surface area contributed by atoms with Crippen LogP contribution in [-0.4, -0.2) is 52.2 Å². The fourth-order valence-corrected chi connectivity index (χ4v) is 2.88. The van der Waals surface area contributed by atoms with Crippen molar-refractivity contribution in [2.24, 2.45) is 0 Å². The van der Waals surface area contributed by atoms with Crippen molar-refractivity contribution in [1.82, 2.24) is 14.7 Å². The monoisotopic (exact) mass is 305 g/mol. The Morgan fingerprint density at radius 2 is 2.09 bits per heavy atom. The van der Waals surface area contributed by atoms with E-state index in [4.69, 9.17) is 4.74 Å². The summed E-state index contributed by atoms with van der Waals surface area (Å²) in [5.74, 6) is -0.260. The van der Waals surface area contributed by atoms with Crippen LogP contribution in [-0.2, 0) is 11.3 Å². The first-order valence-corrected chi connectivity index (χ1v) is 7.38. The lowest BCUT2D eigenvalue weighted by molar-refractivity contribution is 0.107. The van der Waals surface area contributed by atoms with E-state index in [9.17, 15) is 9.50 Å². The van der Waals surface area contributed by atoms with Crippen LogP contribution in [0, 0.1) is 5.82 Å². The van der Waals surface area contributed by atoms with Gasteiger partial charge in [-0.3, -0.25) is 4.90 Å². The van der Waals surface area contributed by atoms with Crippen molar-refractivity contribution in [1.29, 1.82) is 0 Å². The van der Waals surface area contributed by atoms with Crippen molar-refractivity contribution >= 4 is 0 Å². The van der Waals surface area contributed by atoms with Gasteiger partial charge in [-0.1, -0.05) is 0 Å². The number of aliphatic hydroxyl groups is 1. The number of nitrogens with zero attached hydrogens (tertiary/aromatic N) is 3. The highest BCUT2D eigenvalue weighted by atomic mass is 19.1. The summed E-state index contributed by atoms with van der Waals surface area (Å²) in [5.41, 5.74) is 1.74. The number of likely N-dealkylation sites (tertiary alicyclic amines) is 1. The third kappa shape index (κ3) is 3.19. The molecular formula is C16H20FN3O2. The second-order valence-electron chi connectivity index (χ2n) is 5.59. The molecule has 0 saturated carbocycles. The first-order chi connectivity index (χ1) is 10.7. The van der Waals surface area contributed by atoms with Gasteiger partial charge in [0.25, 0.3) is 0 Å². The first-order valence-electron chi connectivity index (χ1n) is 7.38. The summed E-state index contributed by atoms with van der Waals surface area (Å²) < 4.78 is 20.1. The predicted molar refractivity (Wildman–Crippen MR) is 80.2 cm³/mol. The highest BCUT2D eigenvalue weighted by Gasteiger charge is 2.31. The van der Waals surface area contributed by atoms with E-state index in [1.54, 1.807) is 23.9 Å². The summed E-state index contributed by atoms with van der Waals surface area (Å²) in [4.78, 5) is 2.19. The number of rotatable bonds is 5. The van der Waals surface area contributed by atoms with Crippen LogP contribution in [0.25, 0.3) is 5.69 Å². The van der Waals surface area contributed by atoms with Crippen LogP contribution in [0.5, 0.6) is 0 Å². The second kappa shape index (κ2) is 6.56. The molecule has 1 fully saturated rings. The molecule has 0 amide bonds. The van der Waals surface area contributed by atoms with Crippen molar-refractivity contribution < 1.29 is 14.2 Å². The fraction of sp³-hybridized carbons (Fsp3) is 0.438. The molecule has 1 aliphatic heterocycles. The van der Waals surface area contributed by atoms with E-state index in [0.717, 1.165) is 24.3 Å². The van der Waals surface area contributed by atoms with Crippen molar-refractivity contribution in [3.05, 3.63) is 48.0 Å². The van der Waals surface area contributed by atoms with E-state index >= 15 is 0 Å². The standard InChI is InChI=1S/C16H20FN3O2/c1-22-16-8-15(11-21)19(10-16)9-13-6-7-20(18-13)14-4-2-12(17)3-5-14/h2-7,15-16,21H,8-11H2,1H3/t15-,16+/m0/s1. The van der Waals surface area contributed by atoms with Crippen LogP contribution in [0.4, 0.5) is 4.39 Å². The maximum Gasteiger partial charge on any atom is 0.123 e. The van der Waals surface area contributed by atoms with E-state index in [-0.39, 0.29) is 24.6 Å². The number of aromatic nitrogens is 2. The minimum atomic E-state index is -0.260. The molecule has 5 nitrogen and oxygen atoms in total. The fourth-order valence-electron chi connectivity index (χ4n) is 2.88. The van der Waals surface area contributed by atoms with E-state index < -0.39 is 0 Å². The van der Waals surface area contributed by atoms with Gasteiger partial charge in [-0.2, -0.15) is 5.10 Å². The van der Waals surface area contributed by atoms with Gasteiger partial charge in [0.15, 0.2) is 0 Å². The van der Waals surface area contributed by atoms with Crippen LogP contribution in [0.2, 0.25) is 0 Å². The number of ether oxygens (including phenoxy) is 1. The second-order valence-corrected chi connectivity index (χ2v) is 5.59. The Labute approximate surface area is 128 Å². The van der Waals surface area contributed by atoms with Gasteiger partial charge in [0.2, 0.25) is 0 Å². The van der Waals surface area contributed by atoms with Crippen molar-refractivity contribution in [3.8, 4) is 5.69 Å². The molecule has 22 heavy (non-hydrogen) atoms. The molecule has 3 rings (SSSR count). The van der Waals surface area contributed by atoms with Gasteiger partial charge in [0.05, 0.1) is 24.1 Å². The number of aliphatic hydroxyl groups excluding tert-OH is 1. The maximum atomic E-state index is 13.0. The highest BCUT2D eigenvalue weighted by Crippen LogP contribution is 2.21. The topological polar surface area (TPSA) is 50.5 Å². The quantitative estimate of drug-likeness (QED) is 0.911. The van der Waals surface area contributed by atoms with Crippen molar-refractivity contribution in [2.75, 3.05) is 20.3 Å². The Kier molecular flexibility index (Phi) is 4.52. The van der Waals surface area contributed by atoms with E-state index in [0.29, 0.717) is 6.54 Å². The zero-order valence-corrected chi connectivity index (χ0v) is 12.5. The SMILES string of the molecule is CO[C@@H]1C[C@@H](CO)N(Cc2ccn(-c3ccc(F)cc3)n2)C1. The summed E-state index contributed by atoms with van der Waals surface area (Å²) in [6.07, 6.45) is 2.86. The van der Waals surface area contributed by atoms with Crippen LogP contribution in [0.15, 0.2) is 36.5 Å². The first kappa shape index (κ1) is 15.1. The van der Waals surface area contributed by atoms with Gasteiger partial charge in [-0.15, -0.1) is 0 Å². The normalized spacial score (nSPS) is 22.3.